The molecule has 1 saturated carbocycles. The van der Waals surface area contributed by atoms with E-state index in [0.29, 0.717) is 18.5 Å². The number of hydrogen-bond acceptors (Lipinski definition) is 3. The Bertz CT molecular complexity index is 609. The predicted molar refractivity (Wildman–Crippen MR) is 94.1 cm³/mol. The molecule has 5 heteroatoms. The molecule has 130 valence electrons. The summed E-state index contributed by atoms with van der Waals surface area (Å²) >= 11 is 0. The van der Waals surface area contributed by atoms with Gasteiger partial charge in [0.25, 0.3) is 5.91 Å². The number of nitrogens with one attached hydrogen (secondary N) is 2. The van der Waals surface area contributed by atoms with Crippen molar-refractivity contribution in [3.63, 3.8) is 0 Å². The number of aryl methyl sites for hydroxylation is 1. The first kappa shape index (κ1) is 17.0. The van der Waals surface area contributed by atoms with Crippen LogP contribution < -0.4 is 10.6 Å². The fourth-order valence-corrected chi connectivity index (χ4v) is 3.45. The lowest BCUT2D eigenvalue weighted by atomic mass is 9.97. The normalized spacial score (nSPS) is 19.3. The largest absolute Gasteiger partial charge is 0.365 e. The molecule has 2 aliphatic rings. The summed E-state index contributed by atoms with van der Waals surface area (Å²) in [6, 6.07) is 5.69. The van der Waals surface area contributed by atoms with Crippen LogP contribution in [0.1, 0.15) is 57.4 Å². The Kier molecular flexibility index (Phi) is 5.51. The summed E-state index contributed by atoms with van der Waals surface area (Å²) in [5.41, 5.74) is 2.61. The van der Waals surface area contributed by atoms with Crippen molar-refractivity contribution in [1.29, 1.82) is 0 Å². The van der Waals surface area contributed by atoms with E-state index >= 15 is 0 Å². The molecule has 1 aromatic rings. The van der Waals surface area contributed by atoms with E-state index in [1.807, 2.05) is 25.1 Å². The van der Waals surface area contributed by atoms with Crippen LogP contribution in [-0.4, -0.2) is 24.0 Å². The monoisotopic (exact) mass is 330 g/mol. The molecule has 1 aromatic carbocycles. The third-order valence-corrected chi connectivity index (χ3v) is 4.85. The Labute approximate surface area is 143 Å². The van der Waals surface area contributed by atoms with Crippen molar-refractivity contribution >= 4 is 23.2 Å². The number of carbonyl (C=O) groups excluding carboxylic acids is 2. The quantitative estimate of drug-likeness (QED) is 0.866. The standard InChI is InChI=1S/C19H26N2O3/c1-2-17(24-15-6-4-3-5-7-15)19(23)20-14-10-8-13-9-11-18(22)21-16(13)12-14/h8,10,12,15,17H,2-7,9,11H2,1H3,(H,20,23)(H,21,22)/t17-/m0/s1. The molecular weight excluding hydrogens is 304 g/mol. The minimum Gasteiger partial charge on any atom is -0.365 e. The second-order valence-electron chi connectivity index (χ2n) is 6.70. The van der Waals surface area contributed by atoms with E-state index in [2.05, 4.69) is 10.6 Å². The second kappa shape index (κ2) is 7.79. The predicted octanol–water partition coefficient (Wildman–Crippen LogP) is 3.64. The number of ether oxygens (including phenoxy) is 1. The molecule has 0 spiro atoms. The first-order valence-corrected chi connectivity index (χ1v) is 9.05. The highest BCUT2D eigenvalue weighted by molar-refractivity contribution is 5.97. The van der Waals surface area contributed by atoms with Gasteiger partial charge in [-0.25, -0.2) is 0 Å². The summed E-state index contributed by atoms with van der Waals surface area (Å²) in [7, 11) is 0. The van der Waals surface area contributed by atoms with Gasteiger partial charge in [0.2, 0.25) is 5.91 Å². The van der Waals surface area contributed by atoms with Crippen LogP contribution in [0.4, 0.5) is 11.4 Å². The van der Waals surface area contributed by atoms with Crippen molar-refractivity contribution in [3.05, 3.63) is 23.8 Å². The smallest absolute Gasteiger partial charge is 0.253 e. The molecule has 0 saturated heterocycles. The number of hydrogen-bond donors (Lipinski definition) is 2. The van der Waals surface area contributed by atoms with Crippen molar-refractivity contribution in [3.8, 4) is 0 Å². The van der Waals surface area contributed by atoms with Gasteiger partial charge in [-0.15, -0.1) is 0 Å². The lowest BCUT2D eigenvalue weighted by Gasteiger charge is -2.26. The van der Waals surface area contributed by atoms with Crippen molar-refractivity contribution in [1.82, 2.24) is 0 Å². The van der Waals surface area contributed by atoms with E-state index in [-0.39, 0.29) is 17.9 Å². The van der Waals surface area contributed by atoms with E-state index in [0.717, 1.165) is 30.5 Å². The van der Waals surface area contributed by atoms with E-state index in [9.17, 15) is 9.59 Å². The van der Waals surface area contributed by atoms with Crippen LogP contribution in [-0.2, 0) is 20.7 Å². The Morgan fingerprint density at radius 3 is 2.83 bits per heavy atom. The molecule has 3 rings (SSSR count). The molecule has 0 aromatic heterocycles. The number of rotatable bonds is 5. The molecule has 0 unspecified atom stereocenters. The Morgan fingerprint density at radius 1 is 1.29 bits per heavy atom. The minimum absolute atomic E-state index is 0.0260. The zero-order valence-corrected chi connectivity index (χ0v) is 14.3. The van der Waals surface area contributed by atoms with Gasteiger partial charge in [0.15, 0.2) is 0 Å². The van der Waals surface area contributed by atoms with Crippen molar-refractivity contribution < 1.29 is 14.3 Å². The highest BCUT2D eigenvalue weighted by Crippen LogP contribution is 2.27. The zero-order chi connectivity index (χ0) is 16.9. The minimum atomic E-state index is -0.418. The summed E-state index contributed by atoms with van der Waals surface area (Å²) in [6.45, 7) is 1.97. The van der Waals surface area contributed by atoms with E-state index in [4.69, 9.17) is 4.74 Å². The van der Waals surface area contributed by atoms with Gasteiger partial charge < -0.3 is 15.4 Å². The number of anilines is 2. The lowest BCUT2D eigenvalue weighted by molar-refractivity contribution is -0.132. The summed E-state index contributed by atoms with van der Waals surface area (Å²) in [6.07, 6.45) is 7.46. The summed E-state index contributed by atoms with van der Waals surface area (Å²) < 4.78 is 6.02. The molecular formula is C19H26N2O3. The number of carbonyl (C=O) groups is 2. The first-order chi connectivity index (χ1) is 11.7. The van der Waals surface area contributed by atoms with Gasteiger partial charge in [0.1, 0.15) is 6.10 Å². The number of benzene rings is 1. The maximum Gasteiger partial charge on any atom is 0.253 e. The van der Waals surface area contributed by atoms with Crippen LogP contribution in [0.3, 0.4) is 0 Å². The highest BCUT2D eigenvalue weighted by atomic mass is 16.5. The molecule has 0 bridgehead atoms. The van der Waals surface area contributed by atoms with Gasteiger partial charge in [-0.3, -0.25) is 9.59 Å². The molecule has 1 heterocycles. The molecule has 1 atom stereocenters. The fraction of sp³-hybridized carbons (Fsp3) is 0.579. The fourth-order valence-electron chi connectivity index (χ4n) is 3.45. The first-order valence-electron chi connectivity index (χ1n) is 9.05. The third-order valence-electron chi connectivity index (χ3n) is 4.85. The van der Waals surface area contributed by atoms with Gasteiger partial charge in [-0.05, 0) is 43.4 Å². The average Bonchev–Trinajstić information content (AvgIpc) is 2.60. The van der Waals surface area contributed by atoms with Gasteiger partial charge in [-0.2, -0.15) is 0 Å². The molecule has 1 fully saturated rings. The average molecular weight is 330 g/mol. The van der Waals surface area contributed by atoms with E-state index in [1.165, 1.54) is 19.3 Å². The van der Waals surface area contributed by atoms with Crippen LogP contribution >= 0.6 is 0 Å². The van der Waals surface area contributed by atoms with E-state index < -0.39 is 6.10 Å². The third kappa shape index (κ3) is 4.15. The topological polar surface area (TPSA) is 67.4 Å². The van der Waals surface area contributed by atoms with Gasteiger partial charge >= 0.3 is 0 Å². The summed E-state index contributed by atoms with van der Waals surface area (Å²) in [4.78, 5) is 24.0. The lowest BCUT2D eigenvalue weighted by Crippen LogP contribution is -2.34. The van der Waals surface area contributed by atoms with Crippen LogP contribution in [0.5, 0.6) is 0 Å². The summed E-state index contributed by atoms with van der Waals surface area (Å²) in [5, 5.41) is 5.79. The van der Waals surface area contributed by atoms with Crippen LogP contribution in [0.15, 0.2) is 18.2 Å². The molecule has 1 aliphatic heterocycles. The molecule has 0 radical (unpaired) electrons. The van der Waals surface area contributed by atoms with E-state index in [1.54, 1.807) is 0 Å². The van der Waals surface area contributed by atoms with Gasteiger partial charge in [0, 0.05) is 17.8 Å². The maximum absolute atomic E-state index is 12.5. The molecule has 2 N–H and O–H groups in total. The van der Waals surface area contributed by atoms with Crippen molar-refractivity contribution in [2.75, 3.05) is 10.6 Å². The second-order valence-corrected chi connectivity index (χ2v) is 6.70. The SMILES string of the molecule is CC[C@H](OC1CCCCC1)C(=O)Nc1ccc2c(c1)NC(=O)CC2. The van der Waals surface area contributed by atoms with Gasteiger partial charge in [-0.1, -0.05) is 32.3 Å². The van der Waals surface area contributed by atoms with Crippen molar-refractivity contribution in [2.45, 2.75) is 70.5 Å². The maximum atomic E-state index is 12.5. The van der Waals surface area contributed by atoms with Crippen LogP contribution in [0.2, 0.25) is 0 Å². The van der Waals surface area contributed by atoms with Crippen LogP contribution in [0, 0.1) is 0 Å². The Balaban J connectivity index is 1.62. The summed E-state index contributed by atoms with van der Waals surface area (Å²) in [5.74, 6) is -0.0804. The Morgan fingerprint density at radius 2 is 2.08 bits per heavy atom. The Hall–Kier alpha value is -1.88. The van der Waals surface area contributed by atoms with Gasteiger partial charge in [0.05, 0.1) is 6.10 Å². The number of amides is 2. The van der Waals surface area contributed by atoms with Crippen LogP contribution in [0.25, 0.3) is 0 Å². The molecule has 1 aliphatic carbocycles. The molecule has 2 amide bonds. The van der Waals surface area contributed by atoms with Crippen molar-refractivity contribution in [2.24, 2.45) is 0 Å². The molecule has 5 nitrogen and oxygen atoms in total. The zero-order valence-electron chi connectivity index (χ0n) is 14.3. The highest BCUT2D eigenvalue weighted by Gasteiger charge is 2.24. The number of fused-ring (bicyclic) bond motifs is 1. The molecule has 24 heavy (non-hydrogen) atoms.